The number of hydrogen-bond donors (Lipinski definition) is 0. The van der Waals surface area contributed by atoms with Gasteiger partial charge in [0, 0.05) is 37.3 Å². The summed E-state index contributed by atoms with van der Waals surface area (Å²) in [6, 6.07) is 7.96. The lowest BCUT2D eigenvalue weighted by Gasteiger charge is -2.16. The maximum Gasteiger partial charge on any atom is 0.222 e. The van der Waals surface area contributed by atoms with Gasteiger partial charge in [-0.2, -0.15) is 0 Å². The zero-order valence-corrected chi connectivity index (χ0v) is 11.2. The van der Waals surface area contributed by atoms with Crippen molar-refractivity contribution < 1.29 is 4.79 Å². The number of pyridine rings is 1. The molecule has 0 unspecified atom stereocenters. The van der Waals surface area contributed by atoms with Gasteiger partial charge < -0.3 is 4.90 Å². The monoisotopic (exact) mass is 260 g/mol. The molecule has 0 aliphatic carbocycles. The molecule has 0 atom stereocenters. The number of aryl methyl sites for hydroxylation is 1. The fraction of sp³-hybridized carbons (Fsp3) is 0.286. The van der Waals surface area contributed by atoms with E-state index in [4.69, 9.17) is 0 Å². The molecule has 1 amide bonds. The largest absolute Gasteiger partial charge is 0.341 e. The highest BCUT2D eigenvalue weighted by Crippen LogP contribution is 2.12. The number of hydrogen-bond acceptors (Lipinski definition) is 3. The van der Waals surface area contributed by atoms with Crippen molar-refractivity contribution in [1.29, 1.82) is 0 Å². The maximum absolute atomic E-state index is 12.0. The number of rotatable bonds is 5. The van der Waals surface area contributed by atoms with Gasteiger partial charge in [0.2, 0.25) is 5.91 Å². The van der Waals surface area contributed by atoms with Crippen LogP contribution < -0.4 is 0 Å². The van der Waals surface area contributed by atoms with Crippen molar-refractivity contribution in [2.75, 3.05) is 7.05 Å². The molecule has 18 heavy (non-hydrogen) atoms. The van der Waals surface area contributed by atoms with Gasteiger partial charge in [-0.1, -0.05) is 6.07 Å². The number of carbonyl (C=O) groups is 1. The predicted octanol–water partition coefficient (Wildman–Crippen LogP) is 2.73. The molecule has 0 aromatic carbocycles. The first-order valence-electron chi connectivity index (χ1n) is 5.91. The van der Waals surface area contributed by atoms with Crippen LogP contribution in [-0.4, -0.2) is 22.8 Å². The zero-order chi connectivity index (χ0) is 12.8. The highest BCUT2D eigenvalue weighted by Gasteiger charge is 2.09. The maximum atomic E-state index is 12.0. The summed E-state index contributed by atoms with van der Waals surface area (Å²) in [6.07, 6.45) is 4.90. The minimum absolute atomic E-state index is 0.181. The van der Waals surface area contributed by atoms with Crippen LogP contribution in [0.1, 0.15) is 16.9 Å². The van der Waals surface area contributed by atoms with Gasteiger partial charge in [0.25, 0.3) is 0 Å². The standard InChI is InChI=1S/C14H16N2OS/c1-16(11-12-6-8-15-9-7-12)14(17)5-4-13-3-2-10-18-13/h2-3,6-10H,4-5,11H2,1H3. The Morgan fingerprint density at radius 3 is 2.78 bits per heavy atom. The summed E-state index contributed by atoms with van der Waals surface area (Å²) >= 11 is 1.70. The van der Waals surface area contributed by atoms with Gasteiger partial charge in [0.05, 0.1) is 0 Å². The molecule has 94 valence electrons. The van der Waals surface area contributed by atoms with E-state index in [-0.39, 0.29) is 5.91 Å². The van der Waals surface area contributed by atoms with Crippen molar-refractivity contribution in [2.45, 2.75) is 19.4 Å². The van der Waals surface area contributed by atoms with E-state index in [2.05, 4.69) is 11.1 Å². The van der Waals surface area contributed by atoms with E-state index in [1.807, 2.05) is 30.6 Å². The molecule has 0 N–H and O–H groups in total. The molecule has 0 aliphatic heterocycles. The van der Waals surface area contributed by atoms with Gasteiger partial charge in [0.15, 0.2) is 0 Å². The van der Waals surface area contributed by atoms with Crippen LogP contribution >= 0.6 is 11.3 Å². The lowest BCUT2D eigenvalue weighted by Crippen LogP contribution is -2.26. The third-order valence-corrected chi connectivity index (χ3v) is 3.70. The summed E-state index contributed by atoms with van der Waals surface area (Å²) in [4.78, 5) is 19.0. The van der Waals surface area contributed by atoms with E-state index in [1.165, 1.54) is 4.88 Å². The molecular formula is C14H16N2OS. The Morgan fingerprint density at radius 2 is 2.11 bits per heavy atom. The van der Waals surface area contributed by atoms with E-state index in [0.717, 1.165) is 12.0 Å². The normalized spacial score (nSPS) is 10.3. The van der Waals surface area contributed by atoms with Crippen molar-refractivity contribution in [3.8, 4) is 0 Å². The molecule has 2 rings (SSSR count). The number of carbonyl (C=O) groups excluding carboxylic acids is 1. The zero-order valence-electron chi connectivity index (χ0n) is 10.4. The Bertz CT molecular complexity index is 482. The quantitative estimate of drug-likeness (QED) is 0.828. The van der Waals surface area contributed by atoms with Crippen LogP contribution in [0.3, 0.4) is 0 Å². The fourth-order valence-electron chi connectivity index (χ4n) is 1.73. The SMILES string of the molecule is CN(Cc1ccncc1)C(=O)CCc1cccs1. The number of nitrogens with zero attached hydrogens (tertiary/aromatic N) is 2. The van der Waals surface area contributed by atoms with Gasteiger partial charge in [-0.05, 0) is 35.6 Å². The molecule has 2 aromatic heterocycles. The molecule has 2 heterocycles. The first-order chi connectivity index (χ1) is 8.75. The summed E-state index contributed by atoms with van der Waals surface area (Å²) in [5.74, 6) is 0.181. The summed E-state index contributed by atoms with van der Waals surface area (Å²) in [5.41, 5.74) is 1.11. The Hall–Kier alpha value is -1.68. The molecule has 0 aliphatic rings. The van der Waals surface area contributed by atoms with Gasteiger partial charge in [-0.3, -0.25) is 9.78 Å². The Balaban J connectivity index is 1.82. The predicted molar refractivity (Wildman–Crippen MR) is 73.4 cm³/mol. The average molecular weight is 260 g/mol. The average Bonchev–Trinajstić information content (AvgIpc) is 2.90. The molecule has 0 radical (unpaired) electrons. The highest BCUT2D eigenvalue weighted by molar-refractivity contribution is 7.09. The molecule has 0 bridgehead atoms. The van der Waals surface area contributed by atoms with Gasteiger partial charge >= 0.3 is 0 Å². The van der Waals surface area contributed by atoms with Crippen LogP contribution in [0.25, 0.3) is 0 Å². The molecule has 0 saturated heterocycles. The van der Waals surface area contributed by atoms with Crippen LogP contribution in [0.4, 0.5) is 0 Å². The number of thiophene rings is 1. The Labute approximate surface area is 111 Å². The smallest absolute Gasteiger partial charge is 0.222 e. The van der Waals surface area contributed by atoms with Gasteiger partial charge in [0.1, 0.15) is 0 Å². The fourth-order valence-corrected chi connectivity index (χ4v) is 2.44. The molecule has 0 fully saturated rings. The first kappa shape index (κ1) is 12.8. The van der Waals surface area contributed by atoms with Crippen LogP contribution in [0.15, 0.2) is 42.0 Å². The summed E-state index contributed by atoms with van der Waals surface area (Å²) in [7, 11) is 1.84. The number of amides is 1. The van der Waals surface area contributed by atoms with Crippen LogP contribution in [0.5, 0.6) is 0 Å². The van der Waals surface area contributed by atoms with Crippen LogP contribution in [-0.2, 0) is 17.8 Å². The highest BCUT2D eigenvalue weighted by atomic mass is 32.1. The molecular weight excluding hydrogens is 244 g/mol. The van der Waals surface area contributed by atoms with Crippen molar-refractivity contribution in [2.24, 2.45) is 0 Å². The first-order valence-corrected chi connectivity index (χ1v) is 6.79. The lowest BCUT2D eigenvalue weighted by molar-refractivity contribution is -0.130. The van der Waals surface area contributed by atoms with Gasteiger partial charge in [-0.25, -0.2) is 0 Å². The van der Waals surface area contributed by atoms with E-state index in [1.54, 1.807) is 28.6 Å². The lowest BCUT2D eigenvalue weighted by atomic mass is 10.2. The minimum Gasteiger partial charge on any atom is -0.341 e. The van der Waals surface area contributed by atoms with E-state index in [9.17, 15) is 4.79 Å². The molecule has 3 nitrogen and oxygen atoms in total. The summed E-state index contributed by atoms with van der Waals surface area (Å²) < 4.78 is 0. The van der Waals surface area contributed by atoms with Crippen LogP contribution in [0, 0.1) is 0 Å². The second-order valence-corrected chi connectivity index (χ2v) is 5.22. The van der Waals surface area contributed by atoms with E-state index in [0.29, 0.717) is 13.0 Å². The van der Waals surface area contributed by atoms with Crippen molar-refractivity contribution in [3.63, 3.8) is 0 Å². The third kappa shape index (κ3) is 3.67. The van der Waals surface area contributed by atoms with Crippen LogP contribution in [0.2, 0.25) is 0 Å². The molecule has 4 heteroatoms. The third-order valence-electron chi connectivity index (χ3n) is 2.76. The van der Waals surface area contributed by atoms with Crippen molar-refractivity contribution in [3.05, 3.63) is 52.5 Å². The second-order valence-electron chi connectivity index (χ2n) is 4.18. The molecule has 0 spiro atoms. The summed E-state index contributed by atoms with van der Waals surface area (Å²) in [6.45, 7) is 0.645. The van der Waals surface area contributed by atoms with Gasteiger partial charge in [-0.15, -0.1) is 11.3 Å². The van der Waals surface area contributed by atoms with Crippen molar-refractivity contribution in [1.82, 2.24) is 9.88 Å². The molecule has 2 aromatic rings. The minimum atomic E-state index is 0.181. The Morgan fingerprint density at radius 1 is 1.33 bits per heavy atom. The van der Waals surface area contributed by atoms with Crippen molar-refractivity contribution >= 4 is 17.2 Å². The van der Waals surface area contributed by atoms with E-state index >= 15 is 0 Å². The Kier molecular flexibility index (Phi) is 4.47. The topological polar surface area (TPSA) is 33.2 Å². The summed E-state index contributed by atoms with van der Waals surface area (Å²) in [5, 5.41) is 2.04. The molecule has 0 saturated carbocycles. The number of aromatic nitrogens is 1. The van der Waals surface area contributed by atoms with E-state index < -0.39 is 0 Å². The second kappa shape index (κ2) is 6.31.